The summed E-state index contributed by atoms with van der Waals surface area (Å²) in [5.74, 6) is 1.07. The van der Waals surface area contributed by atoms with Crippen LogP contribution in [-0.2, 0) is 16.0 Å². The average molecular weight is 361 g/mol. The third-order valence-corrected chi connectivity index (χ3v) is 5.11. The van der Waals surface area contributed by atoms with Crippen LogP contribution in [0, 0.1) is 0 Å². The van der Waals surface area contributed by atoms with Crippen molar-refractivity contribution in [1.29, 1.82) is 0 Å². The van der Waals surface area contributed by atoms with Crippen LogP contribution in [0.3, 0.4) is 0 Å². The van der Waals surface area contributed by atoms with E-state index in [2.05, 4.69) is 5.32 Å². The fourth-order valence-corrected chi connectivity index (χ4v) is 3.37. The summed E-state index contributed by atoms with van der Waals surface area (Å²) in [6.07, 6.45) is 2.85. The molecule has 0 spiro atoms. The number of benzene rings is 2. The summed E-state index contributed by atoms with van der Waals surface area (Å²) in [5.41, 5.74) is 1.03. The Bertz CT molecular complexity index is 647. The molecule has 2 aromatic rings. The van der Waals surface area contributed by atoms with Gasteiger partial charge in [0.05, 0.1) is 5.25 Å². The van der Waals surface area contributed by atoms with Gasteiger partial charge in [-0.2, -0.15) is 11.8 Å². The van der Waals surface area contributed by atoms with Crippen LogP contribution in [0.2, 0.25) is 0 Å². The van der Waals surface area contributed by atoms with E-state index in [1.807, 2.05) is 60.9 Å². The Morgan fingerprint density at radius 1 is 1.17 bits per heavy atom. The number of hydrogen-bond donors (Lipinski definition) is 1. The molecule has 0 saturated carbocycles. The quantitative estimate of drug-likeness (QED) is 0.422. The van der Waals surface area contributed by atoms with Gasteiger partial charge >= 0.3 is 0 Å². The molecule has 0 saturated heterocycles. The Morgan fingerprint density at radius 3 is 2.50 bits per heavy atom. The zero-order valence-corrected chi connectivity index (χ0v) is 14.9. The summed E-state index contributed by atoms with van der Waals surface area (Å²) in [6.45, 7) is 0. The highest BCUT2D eigenvalue weighted by Crippen LogP contribution is 2.21. The lowest BCUT2D eigenvalue weighted by atomic mass is 10.1. The number of imide groups is 1. The van der Waals surface area contributed by atoms with E-state index in [0.29, 0.717) is 18.8 Å². The molecule has 0 heterocycles. The lowest BCUT2D eigenvalue weighted by molar-refractivity contribution is -0.124. The van der Waals surface area contributed by atoms with Gasteiger partial charge in [-0.1, -0.05) is 42.1 Å². The second-order valence-electron chi connectivity index (χ2n) is 4.92. The Morgan fingerprint density at radius 2 is 1.88 bits per heavy atom. The number of rotatable bonds is 9. The standard InChI is InChI=1S/C18H19NO3S2/c1-23-17(18(21)19-12-20)11-14-7-9-15(10-8-14)22-13-24-16-5-3-2-4-6-16/h2-10,12,17H,11,13H2,1H3,(H,19,20,21). The number of amides is 2. The molecule has 2 amide bonds. The first kappa shape index (κ1) is 18.4. The smallest absolute Gasteiger partial charge is 0.239 e. The molecule has 0 aromatic heterocycles. The molecule has 0 aliphatic carbocycles. The fourth-order valence-electron chi connectivity index (χ4n) is 2.05. The van der Waals surface area contributed by atoms with Gasteiger partial charge in [0.15, 0.2) is 0 Å². The Balaban J connectivity index is 1.83. The normalized spacial score (nSPS) is 11.5. The molecule has 0 radical (unpaired) electrons. The molecule has 0 bridgehead atoms. The van der Waals surface area contributed by atoms with Gasteiger partial charge in [-0.3, -0.25) is 14.9 Å². The Labute approximate surface area is 150 Å². The summed E-state index contributed by atoms with van der Waals surface area (Å²) >= 11 is 3.05. The monoisotopic (exact) mass is 361 g/mol. The van der Waals surface area contributed by atoms with Crippen molar-refractivity contribution in [3.63, 3.8) is 0 Å². The van der Waals surface area contributed by atoms with Crippen LogP contribution in [0.25, 0.3) is 0 Å². The van der Waals surface area contributed by atoms with E-state index in [1.54, 1.807) is 11.8 Å². The molecule has 2 aromatic carbocycles. The van der Waals surface area contributed by atoms with Crippen molar-refractivity contribution in [1.82, 2.24) is 5.32 Å². The van der Waals surface area contributed by atoms with Crippen molar-refractivity contribution in [3.05, 3.63) is 60.2 Å². The van der Waals surface area contributed by atoms with Crippen LogP contribution in [-0.4, -0.2) is 29.8 Å². The zero-order chi connectivity index (χ0) is 17.2. The van der Waals surface area contributed by atoms with Gasteiger partial charge in [0.2, 0.25) is 12.3 Å². The van der Waals surface area contributed by atoms with Crippen molar-refractivity contribution in [3.8, 4) is 5.75 Å². The first-order valence-corrected chi connectivity index (χ1v) is 9.66. The summed E-state index contributed by atoms with van der Waals surface area (Å²) in [4.78, 5) is 23.3. The third-order valence-electron chi connectivity index (χ3n) is 3.32. The van der Waals surface area contributed by atoms with Gasteiger partial charge in [-0.25, -0.2) is 0 Å². The maximum Gasteiger partial charge on any atom is 0.239 e. The number of nitrogens with one attached hydrogen (secondary N) is 1. The molecular weight excluding hydrogens is 342 g/mol. The number of thioether (sulfide) groups is 2. The van der Waals surface area contributed by atoms with Crippen LogP contribution in [0.1, 0.15) is 5.56 Å². The van der Waals surface area contributed by atoms with Crippen molar-refractivity contribution in [2.75, 3.05) is 12.2 Å². The van der Waals surface area contributed by atoms with Crippen LogP contribution >= 0.6 is 23.5 Å². The minimum atomic E-state index is -0.282. The van der Waals surface area contributed by atoms with E-state index in [9.17, 15) is 9.59 Å². The molecule has 1 unspecified atom stereocenters. The fraction of sp³-hybridized carbons (Fsp3) is 0.222. The van der Waals surface area contributed by atoms with Crippen LogP contribution in [0.5, 0.6) is 5.75 Å². The molecular formula is C18H19NO3S2. The predicted molar refractivity (Wildman–Crippen MR) is 99.4 cm³/mol. The lowest BCUT2D eigenvalue weighted by Gasteiger charge is -2.13. The summed E-state index contributed by atoms with van der Waals surface area (Å²) < 4.78 is 5.71. The number of carbonyl (C=O) groups excluding carboxylic acids is 2. The first-order valence-electron chi connectivity index (χ1n) is 7.39. The molecule has 0 aliphatic rings. The van der Waals surface area contributed by atoms with Crippen molar-refractivity contribution in [2.24, 2.45) is 0 Å². The maximum absolute atomic E-state index is 11.7. The number of hydrogen-bond acceptors (Lipinski definition) is 5. The highest BCUT2D eigenvalue weighted by atomic mass is 32.2. The first-order chi connectivity index (χ1) is 11.7. The van der Waals surface area contributed by atoms with Gasteiger partial charge < -0.3 is 4.74 Å². The van der Waals surface area contributed by atoms with Crippen molar-refractivity contribution in [2.45, 2.75) is 16.6 Å². The predicted octanol–water partition coefficient (Wildman–Crippen LogP) is 3.36. The van der Waals surface area contributed by atoms with Gasteiger partial charge in [-0.15, -0.1) is 0 Å². The van der Waals surface area contributed by atoms with Crippen LogP contribution < -0.4 is 10.1 Å². The third kappa shape index (κ3) is 5.94. The molecule has 2 rings (SSSR count). The molecule has 1 atom stereocenters. The summed E-state index contributed by atoms with van der Waals surface area (Å²) in [5, 5.41) is 1.92. The Hall–Kier alpha value is -1.92. The molecule has 6 heteroatoms. The molecule has 0 aliphatic heterocycles. The number of carbonyl (C=O) groups is 2. The van der Waals surface area contributed by atoms with Crippen molar-refractivity contribution >= 4 is 35.8 Å². The van der Waals surface area contributed by atoms with Crippen molar-refractivity contribution < 1.29 is 14.3 Å². The van der Waals surface area contributed by atoms with E-state index in [4.69, 9.17) is 4.74 Å². The highest BCUT2D eigenvalue weighted by Gasteiger charge is 2.17. The van der Waals surface area contributed by atoms with Gasteiger partial charge in [0, 0.05) is 4.90 Å². The van der Waals surface area contributed by atoms with E-state index in [0.717, 1.165) is 16.2 Å². The average Bonchev–Trinajstić information content (AvgIpc) is 2.62. The van der Waals surface area contributed by atoms with E-state index in [-0.39, 0.29) is 11.2 Å². The van der Waals surface area contributed by atoms with Gasteiger partial charge in [-0.05, 0) is 42.5 Å². The minimum Gasteiger partial charge on any atom is -0.483 e. The van der Waals surface area contributed by atoms with E-state index in [1.165, 1.54) is 11.8 Å². The van der Waals surface area contributed by atoms with Crippen LogP contribution in [0.4, 0.5) is 0 Å². The molecule has 24 heavy (non-hydrogen) atoms. The maximum atomic E-state index is 11.7. The van der Waals surface area contributed by atoms with E-state index >= 15 is 0 Å². The molecule has 1 N–H and O–H groups in total. The second-order valence-corrected chi connectivity index (χ2v) is 6.95. The molecule has 4 nitrogen and oxygen atoms in total. The number of ether oxygens (including phenoxy) is 1. The van der Waals surface area contributed by atoms with E-state index < -0.39 is 0 Å². The summed E-state index contributed by atoms with van der Waals surface area (Å²) in [6, 6.07) is 17.8. The van der Waals surface area contributed by atoms with Gasteiger partial charge in [0.1, 0.15) is 11.7 Å². The zero-order valence-electron chi connectivity index (χ0n) is 13.3. The topological polar surface area (TPSA) is 55.4 Å². The lowest BCUT2D eigenvalue weighted by Crippen LogP contribution is -2.32. The molecule has 0 fully saturated rings. The second kappa shape index (κ2) is 10.1. The summed E-state index contributed by atoms with van der Waals surface area (Å²) in [7, 11) is 0. The minimum absolute atomic E-state index is 0.267. The van der Waals surface area contributed by atoms with Crippen LogP contribution in [0.15, 0.2) is 59.5 Å². The SMILES string of the molecule is CSC(Cc1ccc(OCSc2ccccc2)cc1)C(=O)NC=O. The van der Waals surface area contributed by atoms with Gasteiger partial charge in [0.25, 0.3) is 0 Å². The Kier molecular flexibility index (Phi) is 7.71. The highest BCUT2D eigenvalue weighted by molar-refractivity contribution is 8.00. The molecule has 126 valence electrons. The largest absolute Gasteiger partial charge is 0.483 e.